The van der Waals surface area contributed by atoms with Crippen molar-refractivity contribution in [1.82, 2.24) is 10.6 Å². The van der Waals surface area contributed by atoms with Crippen LogP contribution in [-0.2, 0) is 14.6 Å². The normalized spacial score (nSPS) is 11.9. The molecular formula is C8H16N2O5S. The van der Waals surface area contributed by atoms with Crippen molar-refractivity contribution in [2.45, 2.75) is 19.4 Å². The number of hydrogen-bond acceptors (Lipinski definition) is 4. The maximum absolute atomic E-state index is 11.2. The highest BCUT2D eigenvalue weighted by Gasteiger charge is 2.28. The van der Waals surface area contributed by atoms with Gasteiger partial charge in [-0.25, -0.2) is 18.0 Å². The number of aliphatic carboxylic acids is 1. The van der Waals surface area contributed by atoms with Crippen LogP contribution in [0.15, 0.2) is 0 Å². The quantitative estimate of drug-likeness (QED) is 0.592. The summed E-state index contributed by atoms with van der Waals surface area (Å²) in [6.45, 7) is 2.59. The van der Waals surface area contributed by atoms with E-state index in [1.165, 1.54) is 13.8 Å². The number of nitrogens with one attached hydrogen (secondary N) is 2. The molecule has 0 aromatic carbocycles. The number of carboxylic acid groups (broad SMARTS) is 1. The minimum Gasteiger partial charge on any atom is -0.480 e. The second-order valence-corrected chi connectivity index (χ2v) is 6.20. The van der Waals surface area contributed by atoms with Crippen LogP contribution in [-0.4, -0.2) is 49.6 Å². The molecule has 0 aliphatic carbocycles. The molecule has 0 rings (SSSR count). The second-order valence-electron chi connectivity index (χ2n) is 3.94. The first-order valence-corrected chi connectivity index (χ1v) is 6.58. The Morgan fingerprint density at radius 3 is 2.19 bits per heavy atom. The number of amides is 2. The molecule has 0 aromatic heterocycles. The molecule has 8 heteroatoms. The van der Waals surface area contributed by atoms with Crippen LogP contribution in [0.4, 0.5) is 4.79 Å². The van der Waals surface area contributed by atoms with Crippen molar-refractivity contribution in [2.75, 3.05) is 18.6 Å². The lowest BCUT2D eigenvalue weighted by molar-refractivity contribution is -0.142. The van der Waals surface area contributed by atoms with E-state index >= 15 is 0 Å². The molecule has 0 saturated carbocycles. The number of carbonyl (C=O) groups is 2. The third-order valence-corrected chi connectivity index (χ3v) is 2.66. The molecule has 7 nitrogen and oxygen atoms in total. The van der Waals surface area contributed by atoms with Crippen LogP contribution in [0, 0.1) is 0 Å². The van der Waals surface area contributed by atoms with Crippen molar-refractivity contribution in [2.24, 2.45) is 0 Å². The van der Waals surface area contributed by atoms with Crippen molar-refractivity contribution in [3.8, 4) is 0 Å². The zero-order chi connectivity index (χ0) is 13.0. The van der Waals surface area contributed by atoms with Crippen LogP contribution < -0.4 is 10.6 Å². The van der Waals surface area contributed by atoms with Crippen LogP contribution in [0.5, 0.6) is 0 Å². The highest BCUT2D eigenvalue weighted by molar-refractivity contribution is 7.90. The Morgan fingerprint density at radius 1 is 1.31 bits per heavy atom. The molecule has 0 spiro atoms. The fourth-order valence-electron chi connectivity index (χ4n) is 0.731. The first-order chi connectivity index (χ1) is 7.04. The Balaban J connectivity index is 4.07. The lowest BCUT2D eigenvalue weighted by Gasteiger charge is -2.21. The molecule has 94 valence electrons. The van der Waals surface area contributed by atoms with Crippen molar-refractivity contribution in [1.29, 1.82) is 0 Å². The number of rotatable bonds is 5. The summed E-state index contributed by atoms with van der Waals surface area (Å²) in [6, 6.07) is -0.712. The molecule has 0 aliphatic heterocycles. The molecule has 3 N–H and O–H groups in total. The molecule has 0 aromatic rings. The molecular weight excluding hydrogens is 236 g/mol. The zero-order valence-corrected chi connectivity index (χ0v) is 10.2. The van der Waals surface area contributed by atoms with E-state index in [2.05, 4.69) is 10.6 Å². The van der Waals surface area contributed by atoms with Gasteiger partial charge in [-0.3, -0.25) is 0 Å². The maximum atomic E-state index is 11.2. The summed E-state index contributed by atoms with van der Waals surface area (Å²) in [7, 11) is -3.14. The van der Waals surface area contributed by atoms with Gasteiger partial charge in [0, 0.05) is 12.8 Å². The fraction of sp³-hybridized carbons (Fsp3) is 0.750. The van der Waals surface area contributed by atoms with Gasteiger partial charge in [0.15, 0.2) is 0 Å². The van der Waals surface area contributed by atoms with Gasteiger partial charge in [0.1, 0.15) is 15.4 Å². The summed E-state index contributed by atoms with van der Waals surface area (Å²) in [6.07, 6.45) is 1.05. The SMILES string of the molecule is CC(C)(NC(=O)NCCS(C)(=O)=O)C(=O)O. The largest absolute Gasteiger partial charge is 0.480 e. The lowest BCUT2D eigenvalue weighted by Crippen LogP contribution is -2.53. The molecule has 0 fully saturated rings. The summed E-state index contributed by atoms with van der Waals surface area (Å²) >= 11 is 0. The van der Waals surface area contributed by atoms with E-state index in [1.54, 1.807) is 0 Å². The van der Waals surface area contributed by atoms with Crippen molar-refractivity contribution in [3.63, 3.8) is 0 Å². The van der Waals surface area contributed by atoms with Gasteiger partial charge >= 0.3 is 12.0 Å². The number of hydrogen-bond donors (Lipinski definition) is 3. The Hall–Kier alpha value is -1.31. The number of carboxylic acids is 1. The average molecular weight is 252 g/mol. The molecule has 0 bridgehead atoms. The fourth-order valence-corrected chi connectivity index (χ4v) is 1.20. The summed E-state index contributed by atoms with van der Waals surface area (Å²) in [5.74, 6) is -1.36. The molecule has 2 amide bonds. The van der Waals surface area contributed by atoms with Crippen LogP contribution >= 0.6 is 0 Å². The average Bonchev–Trinajstić information content (AvgIpc) is 1.99. The van der Waals surface area contributed by atoms with E-state index < -0.39 is 27.4 Å². The van der Waals surface area contributed by atoms with Crippen molar-refractivity contribution < 1.29 is 23.1 Å². The lowest BCUT2D eigenvalue weighted by atomic mass is 10.1. The molecule has 0 unspecified atom stereocenters. The smallest absolute Gasteiger partial charge is 0.328 e. The molecule has 0 radical (unpaired) electrons. The van der Waals surface area contributed by atoms with Gasteiger partial charge in [-0.1, -0.05) is 0 Å². The van der Waals surface area contributed by atoms with Gasteiger partial charge in [-0.15, -0.1) is 0 Å². The third-order valence-electron chi connectivity index (χ3n) is 1.72. The topological polar surface area (TPSA) is 113 Å². The van der Waals surface area contributed by atoms with Crippen LogP contribution in [0.3, 0.4) is 0 Å². The van der Waals surface area contributed by atoms with Gasteiger partial charge in [-0.2, -0.15) is 0 Å². The van der Waals surface area contributed by atoms with Crippen molar-refractivity contribution in [3.05, 3.63) is 0 Å². The summed E-state index contributed by atoms with van der Waals surface area (Å²) in [5, 5.41) is 13.2. The minimum absolute atomic E-state index is 0.0552. The summed E-state index contributed by atoms with van der Waals surface area (Å²) < 4.78 is 21.5. The van der Waals surface area contributed by atoms with Gasteiger partial charge < -0.3 is 15.7 Å². The van der Waals surface area contributed by atoms with Crippen LogP contribution in [0.1, 0.15) is 13.8 Å². The Labute approximate surface area is 94.1 Å². The Bertz CT molecular complexity index is 374. The Kier molecular flexibility index (Phi) is 4.73. The minimum atomic E-state index is -3.14. The Morgan fingerprint density at radius 2 is 1.81 bits per heavy atom. The molecule has 0 saturated heterocycles. The van der Waals surface area contributed by atoms with Crippen LogP contribution in [0.25, 0.3) is 0 Å². The summed E-state index contributed by atoms with van der Waals surface area (Å²) in [5.41, 5.74) is -1.39. The standard InChI is InChI=1S/C8H16N2O5S/c1-8(2,6(11)12)10-7(13)9-4-5-16(3,14)15/h4-5H2,1-3H3,(H,11,12)(H2,9,10,13). The predicted molar refractivity (Wildman–Crippen MR) is 58.0 cm³/mol. The summed E-state index contributed by atoms with van der Waals surface area (Å²) in [4.78, 5) is 21.8. The number of sulfone groups is 1. The van der Waals surface area contributed by atoms with E-state index in [0.29, 0.717) is 0 Å². The van der Waals surface area contributed by atoms with E-state index in [4.69, 9.17) is 5.11 Å². The monoisotopic (exact) mass is 252 g/mol. The number of urea groups is 1. The van der Waals surface area contributed by atoms with E-state index in [9.17, 15) is 18.0 Å². The second kappa shape index (κ2) is 5.15. The first-order valence-electron chi connectivity index (χ1n) is 4.52. The number of carbonyl (C=O) groups excluding carboxylic acids is 1. The van der Waals surface area contributed by atoms with Gasteiger partial charge in [0.25, 0.3) is 0 Å². The van der Waals surface area contributed by atoms with Crippen molar-refractivity contribution >= 4 is 21.8 Å². The molecule has 0 atom stereocenters. The highest BCUT2D eigenvalue weighted by atomic mass is 32.2. The van der Waals surface area contributed by atoms with Gasteiger partial charge in [0.2, 0.25) is 0 Å². The third kappa shape index (κ3) is 6.23. The van der Waals surface area contributed by atoms with Gasteiger partial charge in [0.05, 0.1) is 5.75 Å². The van der Waals surface area contributed by atoms with Gasteiger partial charge in [-0.05, 0) is 13.8 Å². The molecule has 0 heterocycles. The first kappa shape index (κ1) is 14.7. The maximum Gasteiger partial charge on any atom is 0.328 e. The predicted octanol–water partition coefficient (Wildman–Crippen LogP) is -0.807. The zero-order valence-electron chi connectivity index (χ0n) is 9.40. The van der Waals surface area contributed by atoms with Crippen LogP contribution in [0.2, 0.25) is 0 Å². The van der Waals surface area contributed by atoms with E-state index in [0.717, 1.165) is 6.26 Å². The highest BCUT2D eigenvalue weighted by Crippen LogP contribution is 2.00. The molecule has 16 heavy (non-hydrogen) atoms. The van der Waals surface area contributed by atoms with E-state index in [-0.39, 0.29) is 12.3 Å². The molecule has 0 aliphatic rings. The van der Waals surface area contributed by atoms with E-state index in [1.807, 2.05) is 0 Å².